The van der Waals surface area contributed by atoms with Gasteiger partial charge in [0.25, 0.3) is 0 Å². The smallest absolute Gasteiger partial charge is 0.0653 e. The third kappa shape index (κ3) is 3.67. The lowest BCUT2D eigenvalue weighted by atomic mass is 9.44. The summed E-state index contributed by atoms with van der Waals surface area (Å²) in [7, 11) is 0. The van der Waals surface area contributed by atoms with Crippen molar-refractivity contribution >= 4 is 0 Å². The fourth-order valence-corrected chi connectivity index (χ4v) is 6.06. The molecule has 134 valence electrons. The van der Waals surface area contributed by atoms with Crippen LogP contribution in [-0.2, 0) is 0 Å². The minimum absolute atomic E-state index is 0.0254. The summed E-state index contributed by atoms with van der Waals surface area (Å²) in [5, 5.41) is 30.6. The lowest BCUT2D eigenvalue weighted by Crippen LogP contribution is -2.59. The Morgan fingerprint density at radius 2 is 1.83 bits per heavy atom. The van der Waals surface area contributed by atoms with Crippen LogP contribution < -0.4 is 0 Å². The molecule has 2 saturated carbocycles. The minimum Gasteiger partial charge on any atom is -0.393 e. The Bertz CT molecular complexity index is 452. The molecule has 0 saturated heterocycles. The van der Waals surface area contributed by atoms with E-state index < -0.39 is 5.60 Å². The van der Waals surface area contributed by atoms with Gasteiger partial charge >= 0.3 is 0 Å². The van der Waals surface area contributed by atoms with Gasteiger partial charge in [0, 0.05) is 0 Å². The third-order valence-corrected chi connectivity index (χ3v) is 6.93. The molecule has 5 unspecified atom stereocenters. The number of aliphatic hydroxyl groups excluding tert-OH is 2. The van der Waals surface area contributed by atoms with Crippen molar-refractivity contribution in [2.24, 2.45) is 22.7 Å². The van der Waals surface area contributed by atoms with Crippen LogP contribution in [-0.4, -0.2) is 33.6 Å². The van der Waals surface area contributed by atoms with Gasteiger partial charge in [-0.25, -0.2) is 0 Å². The van der Waals surface area contributed by atoms with Crippen molar-refractivity contribution in [1.82, 2.24) is 0 Å². The number of hydrogen-bond donors (Lipinski definition) is 3. The molecule has 2 fully saturated rings. The molecule has 5 atom stereocenters. The van der Waals surface area contributed by atoms with E-state index in [0.29, 0.717) is 5.92 Å². The first kappa shape index (κ1) is 19.0. The van der Waals surface area contributed by atoms with Gasteiger partial charge in [-0.2, -0.15) is 0 Å². The zero-order valence-corrected chi connectivity index (χ0v) is 15.6. The Balaban J connectivity index is 2.29. The molecule has 0 aromatic rings. The van der Waals surface area contributed by atoms with E-state index in [4.69, 9.17) is 5.11 Å². The first-order valence-corrected chi connectivity index (χ1v) is 9.20. The van der Waals surface area contributed by atoms with E-state index in [9.17, 15) is 10.2 Å². The molecular weight excluding hydrogens is 288 g/mol. The maximum atomic E-state index is 11.1. The van der Waals surface area contributed by atoms with Crippen molar-refractivity contribution in [2.45, 2.75) is 84.8 Å². The second-order valence-corrected chi connectivity index (χ2v) is 9.33. The quantitative estimate of drug-likeness (QED) is 0.692. The van der Waals surface area contributed by atoms with Gasteiger partial charge in [0.1, 0.15) is 0 Å². The molecule has 0 aliphatic heterocycles. The van der Waals surface area contributed by atoms with Crippen LogP contribution in [0.3, 0.4) is 0 Å². The molecule has 3 nitrogen and oxygen atoms in total. The molecule has 2 aliphatic carbocycles. The normalized spacial score (nSPS) is 44.0. The van der Waals surface area contributed by atoms with E-state index >= 15 is 0 Å². The summed E-state index contributed by atoms with van der Waals surface area (Å²) in [6, 6.07) is 0. The largest absolute Gasteiger partial charge is 0.393 e. The summed E-state index contributed by atoms with van der Waals surface area (Å²) in [5.74, 6) is 0.732. The number of allylic oxidation sites excluding steroid dienone is 1. The van der Waals surface area contributed by atoms with Gasteiger partial charge in [0.05, 0.1) is 18.3 Å². The zero-order chi connectivity index (χ0) is 17.5. The summed E-state index contributed by atoms with van der Waals surface area (Å²) < 4.78 is 0. The highest BCUT2D eigenvalue weighted by atomic mass is 16.3. The predicted molar refractivity (Wildman–Crippen MR) is 94.0 cm³/mol. The van der Waals surface area contributed by atoms with Crippen LogP contribution in [0.15, 0.2) is 11.6 Å². The van der Waals surface area contributed by atoms with E-state index in [1.54, 1.807) is 0 Å². The van der Waals surface area contributed by atoms with Crippen LogP contribution in [0.5, 0.6) is 0 Å². The molecule has 0 heterocycles. The Kier molecular flexibility index (Phi) is 5.35. The first-order chi connectivity index (χ1) is 10.5. The summed E-state index contributed by atoms with van der Waals surface area (Å²) in [6.07, 6.45) is 6.97. The zero-order valence-electron chi connectivity index (χ0n) is 15.6. The molecular formula is C20H36O3. The van der Waals surface area contributed by atoms with Gasteiger partial charge in [-0.15, -0.1) is 0 Å². The van der Waals surface area contributed by atoms with Gasteiger partial charge in [-0.05, 0) is 75.0 Å². The second kappa shape index (κ2) is 6.50. The first-order valence-electron chi connectivity index (χ1n) is 9.20. The Morgan fingerprint density at radius 1 is 1.17 bits per heavy atom. The maximum absolute atomic E-state index is 11.1. The fraction of sp³-hybridized carbons (Fsp3) is 0.900. The molecule has 23 heavy (non-hydrogen) atoms. The SMILES string of the molecule is CC(=CCO)CCC1C(C)(O)CCC2C(C)(C)CC(O)CC21C. The summed E-state index contributed by atoms with van der Waals surface area (Å²) >= 11 is 0. The predicted octanol–water partition coefficient (Wildman–Crippen LogP) is 3.67. The van der Waals surface area contributed by atoms with E-state index in [1.165, 1.54) is 5.57 Å². The van der Waals surface area contributed by atoms with Crippen molar-refractivity contribution < 1.29 is 15.3 Å². The van der Waals surface area contributed by atoms with Crippen LogP contribution in [0.4, 0.5) is 0 Å². The van der Waals surface area contributed by atoms with Gasteiger partial charge in [0.2, 0.25) is 0 Å². The third-order valence-electron chi connectivity index (χ3n) is 6.93. The number of fused-ring (bicyclic) bond motifs is 1. The lowest BCUT2D eigenvalue weighted by Gasteiger charge is -2.62. The van der Waals surface area contributed by atoms with E-state index in [2.05, 4.69) is 20.8 Å². The molecule has 0 amide bonds. The molecule has 0 aromatic heterocycles. The van der Waals surface area contributed by atoms with Gasteiger partial charge < -0.3 is 15.3 Å². The Hall–Kier alpha value is -0.380. The van der Waals surface area contributed by atoms with Crippen molar-refractivity contribution in [2.75, 3.05) is 6.61 Å². The van der Waals surface area contributed by atoms with Crippen molar-refractivity contribution in [3.8, 4) is 0 Å². The van der Waals surface area contributed by atoms with Crippen molar-refractivity contribution in [3.05, 3.63) is 11.6 Å². The number of hydrogen-bond acceptors (Lipinski definition) is 3. The summed E-state index contributed by atoms with van der Waals surface area (Å²) in [6.45, 7) is 11.0. The average molecular weight is 325 g/mol. The number of rotatable bonds is 4. The van der Waals surface area contributed by atoms with E-state index in [0.717, 1.165) is 38.5 Å². The molecule has 3 heteroatoms. The van der Waals surface area contributed by atoms with Crippen LogP contribution in [0.2, 0.25) is 0 Å². The standard InChI is InChI=1S/C20H36O3/c1-14(9-11-21)6-7-17-19(4)13-15(22)12-18(2,3)16(19)8-10-20(17,5)23/h9,15-17,21-23H,6-8,10-13H2,1-5H3. The van der Waals surface area contributed by atoms with E-state index in [1.807, 2.05) is 19.9 Å². The summed E-state index contributed by atoms with van der Waals surface area (Å²) in [5.41, 5.74) is 0.613. The lowest BCUT2D eigenvalue weighted by molar-refractivity contribution is -0.188. The molecule has 0 spiro atoms. The molecule has 3 N–H and O–H groups in total. The molecule has 0 aromatic carbocycles. The van der Waals surface area contributed by atoms with Crippen LogP contribution >= 0.6 is 0 Å². The molecule has 2 aliphatic rings. The van der Waals surface area contributed by atoms with Crippen LogP contribution in [0, 0.1) is 22.7 Å². The summed E-state index contributed by atoms with van der Waals surface area (Å²) in [4.78, 5) is 0. The Labute approximate surface area is 141 Å². The molecule has 2 rings (SSSR count). The van der Waals surface area contributed by atoms with Gasteiger partial charge in [0.15, 0.2) is 0 Å². The number of aliphatic hydroxyl groups is 3. The van der Waals surface area contributed by atoms with Gasteiger partial charge in [-0.3, -0.25) is 0 Å². The fourth-order valence-electron chi connectivity index (χ4n) is 6.06. The minimum atomic E-state index is -0.669. The van der Waals surface area contributed by atoms with Crippen LogP contribution in [0.25, 0.3) is 0 Å². The Morgan fingerprint density at radius 3 is 2.43 bits per heavy atom. The molecule has 0 radical (unpaired) electrons. The molecule has 0 bridgehead atoms. The highest BCUT2D eigenvalue weighted by molar-refractivity contribution is 5.10. The maximum Gasteiger partial charge on any atom is 0.0653 e. The van der Waals surface area contributed by atoms with E-state index in [-0.39, 0.29) is 29.5 Å². The van der Waals surface area contributed by atoms with Crippen molar-refractivity contribution in [3.63, 3.8) is 0 Å². The topological polar surface area (TPSA) is 60.7 Å². The monoisotopic (exact) mass is 324 g/mol. The van der Waals surface area contributed by atoms with Gasteiger partial charge in [-0.1, -0.05) is 32.4 Å². The second-order valence-electron chi connectivity index (χ2n) is 9.33. The average Bonchev–Trinajstić information content (AvgIpc) is 2.34. The van der Waals surface area contributed by atoms with Crippen LogP contribution in [0.1, 0.15) is 73.1 Å². The highest BCUT2D eigenvalue weighted by Gasteiger charge is 2.59. The highest BCUT2D eigenvalue weighted by Crippen LogP contribution is 2.62. The van der Waals surface area contributed by atoms with Crippen molar-refractivity contribution in [1.29, 1.82) is 0 Å².